The monoisotopic (exact) mass is 296 g/mol. The molecule has 0 bridgehead atoms. The minimum Gasteiger partial charge on any atom is -0.490 e. The van der Waals surface area contributed by atoms with Crippen molar-refractivity contribution < 1.29 is 22.6 Å². The summed E-state index contributed by atoms with van der Waals surface area (Å²) in [5, 5.41) is 8.62. The third kappa shape index (κ3) is 2.76. The Morgan fingerprint density at radius 2 is 2.12 bits per heavy atom. The molecule has 4 nitrogen and oxygen atoms in total. The smallest absolute Gasteiger partial charge is 0.490 e. The Kier molecular flexibility index (Phi) is 3.59. The van der Waals surface area contributed by atoms with E-state index in [1.165, 1.54) is 0 Å². The third-order valence-corrected chi connectivity index (χ3v) is 2.27. The Balaban J connectivity index is 3.22. The number of alkyl halides is 3. The van der Waals surface area contributed by atoms with Crippen molar-refractivity contribution in [3.05, 3.63) is 16.2 Å². The standard InChI is InChI=1S/C8H4BrF3N2O2/c1-15-6-5(9)4(2-13)3-14-7(6)16-8(10,11)12/h3H,1H3. The van der Waals surface area contributed by atoms with Gasteiger partial charge in [0.15, 0.2) is 5.75 Å². The van der Waals surface area contributed by atoms with Gasteiger partial charge in [-0.05, 0) is 15.9 Å². The first-order valence-electron chi connectivity index (χ1n) is 3.77. The van der Waals surface area contributed by atoms with Crippen molar-refractivity contribution in [2.75, 3.05) is 7.11 Å². The molecule has 0 aromatic carbocycles. The average molecular weight is 297 g/mol. The molecule has 16 heavy (non-hydrogen) atoms. The Morgan fingerprint density at radius 1 is 1.50 bits per heavy atom. The van der Waals surface area contributed by atoms with Crippen LogP contribution in [0, 0.1) is 11.3 Å². The minimum atomic E-state index is -4.87. The zero-order valence-electron chi connectivity index (χ0n) is 7.80. The van der Waals surface area contributed by atoms with Gasteiger partial charge in [-0.3, -0.25) is 0 Å². The number of hydrogen-bond donors (Lipinski definition) is 0. The van der Waals surface area contributed by atoms with Crippen LogP contribution in [0.1, 0.15) is 5.56 Å². The molecule has 8 heteroatoms. The highest BCUT2D eigenvalue weighted by Gasteiger charge is 2.34. The lowest BCUT2D eigenvalue weighted by Crippen LogP contribution is -2.18. The first kappa shape index (κ1) is 12.6. The molecule has 1 aromatic heterocycles. The van der Waals surface area contributed by atoms with Gasteiger partial charge in [0, 0.05) is 0 Å². The maximum Gasteiger partial charge on any atom is 0.574 e. The van der Waals surface area contributed by atoms with Gasteiger partial charge in [0.25, 0.3) is 5.88 Å². The molecule has 0 N–H and O–H groups in total. The fraction of sp³-hybridized carbons (Fsp3) is 0.250. The van der Waals surface area contributed by atoms with E-state index in [1.54, 1.807) is 6.07 Å². The average Bonchev–Trinajstić information content (AvgIpc) is 2.16. The minimum absolute atomic E-state index is 0.0476. The van der Waals surface area contributed by atoms with Crippen LogP contribution in [0.3, 0.4) is 0 Å². The number of hydrogen-bond acceptors (Lipinski definition) is 4. The Bertz CT molecular complexity index is 442. The van der Waals surface area contributed by atoms with Gasteiger partial charge < -0.3 is 9.47 Å². The van der Waals surface area contributed by atoms with Crippen LogP contribution in [0.15, 0.2) is 10.7 Å². The summed E-state index contributed by atoms with van der Waals surface area (Å²) in [7, 11) is 1.15. The lowest BCUT2D eigenvalue weighted by atomic mass is 10.3. The second kappa shape index (κ2) is 4.57. The predicted octanol–water partition coefficient (Wildman–Crippen LogP) is 2.62. The van der Waals surface area contributed by atoms with Gasteiger partial charge in [0.1, 0.15) is 6.07 Å². The number of rotatable bonds is 2. The zero-order chi connectivity index (χ0) is 12.3. The summed E-state index contributed by atoms with van der Waals surface area (Å²) in [4.78, 5) is 3.35. The highest BCUT2D eigenvalue weighted by molar-refractivity contribution is 9.10. The van der Waals surface area contributed by atoms with Crippen molar-refractivity contribution in [2.45, 2.75) is 6.36 Å². The van der Waals surface area contributed by atoms with E-state index in [1.807, 2.05) is 0 Å². The first-order valence-corrected chi connectivity index (χ1v) is 4.56. The molecule has 0 fully saturated rings. The molecule has 0 aliphatic heterocycles. The number of halogens is 4. The molecule has 0 aliphatic carbocycles. The van der Waals surface area contributed by atoms with Crippen molar-refractivity contribution >= 4 is 15.9 Å². The van der Waals surface area contributed by atoms with Crippen molar-refractivity contribution in [3.63, 3.8) is 0 Å². The molecule has 0 atom stereocenters. The van der Waals surface area contributed by atoms with Crippen LogP contribution in [-0.4, -0.2) is 18.5 Å². The number of ether oxygens (including phenoxy) is 2. The molecule has 0 aliphatic rings. The van der Waals surface area contributed by atoms with E-state index in [2.05, 4.69) is 30.4 Å². The van der Waals surface area contributed by atoms with Gasteiger partial charge >= 0.3 is 6.36 Å². The number of pyridine rings is 1. The Hall–Kier alpha value is -1.49. The fourth-order valence-corrected chi connectivity index (χ4v) is 1.41. The van der Waals surface area contributed by atoms with Gasteiger partial charge in [-0.1, -0.05) is 0 Å². The zero-order valence-corrected chi connectivity index (χ0v) is 9.39. The van der Waals surface area contributed by atoms with Crippen molar-refractivity contribution in [1.29, 1.82) is 5.26 Å². The SMILES string of the molecule is COc1c(OC(F)(F)F)ncc(C#N)c1Br. The number of nitrogens with zero attached hydrogens (tertiary/aromatic N) is 2. The summed E-state index contributed by atoms with van der Waals surface area (Å²) in [5.74, 6) is -1.03. The second-order valence-corrected chi connectivity index (χ2v) is 3.28. The molecule has 86 valence electrons. The fourth-order valence-electron chi connectivity index (χ4n) is 0.892. The summed E-state index contributed by atoms with van der Waals surface area (Å²) in [6.07, 6.45) is -3.92. The largest absolute Gasteiger partial charge is 0.574 e. The van der Waals surface area contributed by atoms with E-state index in [4.69, 9.17) is 5.26 Å². The molecule has 1 rings (SSSR count). The van der Waals surface area contributed by atoms with Crippen LogP contribution >= 0.6 is 15.9 Å². The highest BCUT2D eigenvalue weighted by Crippen LogP contribution is 2.37. The third-order valence-electron chi connectivity index (χ3n) is 1.48. The molecular weight excluding hydrogens is 293 g/mol. The van der Waals surface area contributed by atoms with Crippen molar-refractivity contribution in [2.24, 2.45) is 0 Å². The molecule has 0 radical (unpaired) electrons. The van der Waals surface area contributed by atoms with Crippen LogP contribution in [0.2, 0.25) is 0 Å². The number of aromatic nitrogens is 1. The molecule has 1 aromatic rings. The lowest BCUT2D eigenvalue weighted by Gasteiger charge is -2.12. The summed E-state index contributed by atoms with van der Waals surface area (Å²) in [5.41, 5.74) is 0.0476. The molecule has 0 unspecified atom stereocenters. The van der Waals surface area contributed by atoms with Gasteiger partial charge in [-0.2, -0.15) is 5.26 Å². The number of nitriles is 1. The second-order valence-electron chi connectivity index (χ2n) is 2.48. The normalized spacial score (nSPS) is 10.8. The summed E-state index contributed by atoms with van der Waals surface area (Å²) in [6, 6.07) is 1.73. The lowest BCUT2D eigenvalue weighted by molar-refractivity contribution is -0.276. The molecule has 0 saturated heterocycles. The Morgan fingerprint density at radius 3 is 2.56 bits per heavy atom. The van der Waals surface area contributed by atoms with Gasteiger partial charge in [0.2, 0.25) is 0 Å². The van der Waals surface area contributed by atoms with Crippen molar-refractivity contribution in [3.8, 4) is 17.7 Å². The van der Waals surface area contributed by atoms with Crippen LogP contribution < -0.4 is 9.47 Å². The quantitative estimate of drug-likeness (QED) is 0.842. The van der Waals surface area contributed by atoms with E-state index in [9.17, 15) is 13.2 Å². The molecule has 0 saturated carbocycles. The molecule has 1 heterocycles. The predicted molar refractivity (Wildman–Crippen MR) is 49.9 cm³/mol. The van der Waals surface area contributed by atoms with Gasteiger partial charge in [0.05, 0.1) is 23.3 Å². The highest BCUT2D eigenvalue weighted by atomic mass is 79.9. The topological polar surface area (TPSA) is 55.1 Å². The maximum atomic E-state index is 12.0. The first-order chi connectivity index (χ1) is 7.39. The van der Waals surface area contributed by atoms with E-state index in [0.29, 0.717) is 0 Å². The van der Waals surface area contributed by atoms with Crippen molar-refractivity contribution in [1.82, 2.24) is 4.98 Å². The van der Waals surface area contributed by atoms with E-state index in [-0.39, 0.29) is 15.8 Å². The molecule has 0 spiro atoms. The van der Waals surface area contributed by atoms with Gasteiger partial charge in [-0.25, -0.2) is 4.98 Å². The summed E-state index contributed by atoms with van der Waals surface area (Å²) < 4.78 is 44.3. The van der Waals surface area contributed by atoms with E-state index >= 15 is 0 Å². The summed E-state index contributed by atoms with van der Waals surface area (Å²) in [6.45, 7) is 0. The summed E-state index contributed by atoms with van der Waals surface area (Å²) >= 11 is 2.93. The van der Waals surface area contributed by atoms with Crippen LogP contribution in [0.25, 0.3) is 0 Å². The molecular formula is C8H4BrF3N2O2. The van der Waals surface area contributed by atoms with Crippen LogP contribution in [-0.2, 0) is 0 Å². The van der Waals surface area contributed by atoms with E-state index < -0.39 is 12.2 Å². The molecule has 0 amide bonds. The van der Waals surface area contributed by atoms with E-state index in [0.717, 1.165) is 13.3 Å². The Labute approximate surface area is 96.7 Å². The number of methoxy groups -OCH3 is 1. The van der Waals surface area contributed by atoms with Crippen LogP contribution in [0.4, 0.5) is 13.2 Å². The van der Waals surface area contributed by atoms with Gasteiger partial charge in [-0.15, -0.1) is 13.2 Å². The van der Waals surface area contributed by atoms with Crippen LogP contribution in [0.5, 0.6) is 11.6 Å². The maximum absolute atomic E-state index is 12.0.